The SMILES string of the molecule is Cc1cn(-c2cc(NC(=O)c3ccc(C)c(C#Cc4cnc5ccccn45)c3)cc(C(F)(F)F)c2)cn1. The van der Waals surface area contributed by atoms with Crippen molar-refractivity contribution in [1.29, 1.82) is 0 Å². The van der Waals surface area contributed by atoms with Crippen LogP contribution in [0.2, 0.25) is 0 Å². The summed E-state index contributed by atoms with van der Waals surface area (Å²) in [7, 11) is 0. The zero-order chi connectivity index (χ0) is 26.2. The first-order valence-corrected chi connectivity index (χ1v) is 11.3. The van der Waals surface area contributed by atoms with Gasteiger partial charge in [-0.25, -0.2) is 9.97 Å². The first kappa shape index (κ1) is 23.9. The highest BCUT2D eigenvalue weighted by atomic mass is 19.4. The van der Waals surface area contributed by atoms with Crippen molar-refractivity contribution < 1.29 is 18.0 Å². The van der Waals surface area contributed by atoms with E-state index in [4.69, 9.17) is 0 Å². The van der Waals surface area contributed by atoms with Gasteiger partial charge in [0.2, 0.25) is 0 Å². The molecule has 0 spiro atoms. The number of hydrogen-bond acceptors (Lipinski definition) is 3. The number of pyridine rings is 1. The lowest BCUT2D eigenvalue weighted by Gasteiger charge is -2.14. The molecule has 1 N–H and O–H groups in total. The maximum atomic E-state index is 13.6. The number of halogens is 3. The first-order valence-electron chi connectivity index (χ1n) is 11.3. The summed E-state index contributed by atoms with van der Waals surface area (Å²) in [5.41, 5.74) is 3.22. The fourth-order valence-electron chi connectivity index (χ4n) is 3.82. The van der Waals surface area contributed by atoms with Gasteiger partial charge in [-0.1, -0.05) is 18.1 Å². The van der Waals surface area contributed by atoms with Gasteiger partial charge in [-0.15, -0.1) is 0 Å². The molecule has 184 valence electrons. The van der Waals surface area contributed by atoms with Gasteiger partial charge in [-0.05, 0) is 67.8 Å². The molecule has 37 heavy (non-hydrogen) atoms. The lowest BCUT2D eigenvalue weighted by Crippen LogP contribution is -2.14. The third kappa shape index (κ3) is 5.09. The lowest BCUT2D eigenvalue weighted by atomic mass is 10.0. The molecule has 0 unspecified atom stereocenters. The minimum Gasteiger partial charge on any atom is -0.322 e. The Bertz CT molecular complexity index is 1700. The molecule has 0 bridgehead atoms. The molecule has 5 rings (SSSR count). The predicted octanol–water partition coefficient (Wildman–Crippen LogP) is 5.81. The van der Waals surface area contributed by atoms with E-state index in [1.807, 2.05) is 35.7 Å². The Labute approximate surface area is 210 Å². The smallest absolute Gasteiger partial charge is 0.322 e. The summed E-state index contributed by atoms with van der Waals surface area (Å²) < 4.78 is 44.0. The number of carbonyl (C=O) groups excluding carboxylic acids is 1. The van der Waals surface area contributed by atoms with Gasteiger partial charge < -0.3 is 9.88 Å². The van der Waals surface area contributed by atoms with Crippen molar-refractivity contribution >= 4 is 17.2 Å². The average molecular weight is 499 g/mol. The van der Waals surface area contributed by atoms with E-state index in [1.165, 1.54) is 17.0 Å². The van der Waals surface area contributed by atoms with Gasteiger partial charge in [0.25, 0.3) is 5.91 Å². The third-order valence-corrected chi connectivity index (χ3v) is 5.75. The van der Waals surface area contributed by atoms with Crippen LogP contribution in [-0.2, 0) is 6.18 Å². The summed E-state index contributed by atoms with van der Waals surface area (Å²) in [6.45, 7) is 3.60. The Balaban J connectivity index is 1.45. The second-order valence-electron chi connectivity index (χ2n) is 8.49. The molecule has 9 heteroatoms. The number of rotatable bonds is 3. The molecule has 0 aliphatic rings. The van der Waals surface area contributed by atoms with Crippen LogP contribution in [0.5, 0.6) is 0 Å². The molecule has 0 fully saturated rings. The average Bonchev–Trinajstić information content (AvgIpc) is 3.49. The standard InChI is InChI=1S/C28H20F3N5O/c1-18-6-7-21(11-20(18)8-9-24-15-32-26-5-3-4-10-36(24)26)27(37)34-23-12-22(28(29,30)31)13-25(14-23)35-16-19(2)33-17-35/h3-7,10-17H,1-2H3,(H,34,37). The number of carbonyl (C=O) groups is 1. The van der Waals surface area contributed by atoms with Crippen molar-refractivity contribution in [2.45, 2.75) is 20.0 Å². The second kappa shape index (κ2) is 9.32. The van der Waals surface area contributed by atoms with Crippen LogP contribution in [0.25, 0.3) is 11.3 Å². The summed E-state index contributed by atoms with van der Waals surface area (Å²) in [4.78, 5) is 21.4. The van der Waals surface area contributed by atoms with E-state index >= 15 is 0 Å². The molecule has 0 aliphatic carbocycles. The predicted molar refractivity (Wildman–Crippen MR) is 134 cm³/mol. The minimum absolute atomic E-state index is 0.0140. The largest absolute Gasteiger partial charge is 0.416 e. The van der Waals surface area contributed by atoms with Gasteiger partial charge in [0.05, 0.1) is 23.8 Å². The van der Waals surface area contributed by atoms with E-state index in [1.54, 1.807) is 37.5 Å². The highest BCUT2D eigenvalue weighted by Gasteiger charge is 2.31. The fourth-order valence-corrected chi connectivity index (χ4v) is 3.82. The maximum absolute atomic E-state index is 13.6. The highest BCUT2D eigenvalue weighted by molar-refractivity contribution is 6.04. The Kier molecular flexibility index (Phi) is 6.01. The molecule has 3 aromatic heterocycles. The van der Waals surface area contributed by atoms with Crippen molar-refractivity contribution in [1.82, 2.24) is 18.9 Å². The van der Waals surface area contributed by atoms with Gasteiger partial charge >= 0.3 is 6.18 Å². The zero-order valence-corrected chi connectivity index (χ0v) is 19.8. The van der Waals surface area contributed by atoms with Gasteiger partial charge in [0.1, 0.15) is 11.3 Å². The van der Waals surface area contributed by atoms with Crippen LogP contribution in [-0.4, -0.2) is 24.8 Å². The summed E-state index contributed by atoms with van der Waals surface area (Å²) in [6.07, 6.45) is 1.97. The molecule has 5 aromatic rings. The second-order valence-corrected chi connectivity index (χ2v) is 8.49. The van der Waals surface area contributed by atoms with E-state index < -0.39 is 17.6 Å². The Morgan fingerprint density at radius 2 is 1.84 bits per heavy atom. The fraction of sp³-hybridized carbons (Fsp3) is 0.107. The quantitative estimate of drug-likeness (QED) is 0.319. The monoisotopic (exact) mass is 499 g/mol. The molecule has 1 amide bonds. The van der Waals surface area contributed by atoms with E-state index in [-0.39, 0.29) is 16.9 Å². The summed E-state index contributed by atoms with van der Waals surface area (Å²) >= 11 is 0. The van der Waals surface area contributed by atoms with Crippen LogP contribution in [0, 0.1) is 25.7 Å². The topological polar surface area (TPSA) is 64.2 Å². The molecule has 0 saturated heterocycles. The van der Waals surface area contributed by atoms with Crippen molar-refractivity contribution in [2.24, 2.45) is 0 Å². The van der Waals surface area contributed by atoms with Crippen LogP contribution in [0.4, 0.5) is 18.9 Å². The van der Waals surface area contributed by atoms with Gasteiger partial charge in [-0.2, -0.15) is 13.2 Å². The number of aryl methyl sites for hydroxylation is 2. The van der Waals surface area contributed by atoms with E-state index in [0.717, 1.165) is 23.3 Å². The molecule has 0 saturated carbocycles. The van der Waals surface area contributed by atoms with Crippen molar-refractivity contribution in [3.8, 4) is 17.5 Å². The molecular formula is C28H20F3N5O. The van der Waals surface area contributed by atoms with Crippen molar-refractivity contribution in [2.75, 3.05) is 5.32 Å². The number of benzene rings is 2. The summed E-state index contributed by atoms with van der Waals surface area (Å²) in [5.74, 6) is 5.61. The van der Waals surface area contributed by atoms with Gasteiger partial charge in [0, 0.05) is 34.9 Å². The number of aromatic nitrogens is 4. The maximum Gasteiger partial charge on any atom is 0.416 e. The van der Waals surface area contributed by atoms with Gasteiger partial charge in [-0.3, -0.25) is 9.20 Å². The number of nitrogens with one attached hydrogen (secondary N) is 1. The number of fused-ring (bicyclic) bond motifs is 1. The molecule has 6 nitrogen and oxygen atoms in total. The summed E-state index contributed by atoms with van der Waals surface area (Å²) in [6, 6.07) is 14.0. The number of anilines is 1. The normalized spacial score (nSPS) is 11.3. The van der Waals surface area contributed by atoms with Crippen LogP contribution in [0.15, 0.2) is 79.5 Å². The molecule has 2 aromatic carbocycles. The minimum atomic E-state index is -4.59. The number of amides is 1. The Hall–Kier alpha value is -4.84. The third-order valence-electron chi connectivity index (χ3n) is 5.75. The van der Waals surface area contributed by atoms with Crippen LogP contribution in [0.1, 0.15) is 38.4 Å². The van der Waals surface area contributed by atoms with Crippen LogP contribution in [0.3, 0.4) is 0 Å². The van der Waals surface area contributed by atoms with E-state index in [9.17, 15) is 18.0 Å². The molecule has 0 atom stereocenters. The molecule has 3 heterocycles. The zero-order valence-electron chi connectivity index (χ0n) is 19.8. The van der Waals surface area contributed by atoms with Crippen molar-refractivity contribution in [3.63, 3.8) is 0 Å². The number of hydrogen-bond donors (Lipinski definition) is 1. The molecule has 0 aliphatic heterocycles. The lowest BCUT2D eigenvalue weighted by molar-refractivity contribution is -0.137. The first-order chi connectivity index (χ1) is 17.7. The van der Waals surface area contributed by atoms with Crippen LogP contribution >= 0.6 is 0 Å². The van der Waals surface area contributed by atoms with Crippen molar-refractivity contribution in [3.05, 3.63) is 113 Å². The molecule has 0 radical (unpaired) electrons. The van der Waals surface area contributed by atoms with Gasteiger partial charge in [0.15, 0.2) is 0 Å². The highest BCUT2D eigenvalue weighted by Crippen LogP contribution is 2.33. The number of imidazole rings is 2. The molecular weight excluding hydrogens is 479 g/mol. The van der Waals surface area contributed by atoms with E-state index in [0.29, 0.717) is 17.0 Å². The summed E-state index contributed by atoms with van der Waals surface area (Å²) in [5, 5.41) is 2.59. The Morgan fingerprint density at radius 3 is 2.59 bits per heavy atom. The Morgan fingerprint density at radius 1 is 1.00 bits per heavy atom. The van der Waals surface area contributed by atoms with E-state index in [2.05, 4.69) is 27.1 Å². The number of alkyl halides is 3. The van der Waals surface area contributed by atoms with Crippen LogP contribution < -0.4 is 5.32 Å². The number of nitrogens with zero attached hydrogens (tertiary/aromatic N) is 4.